The summed E-state index contributed by atoms with van der Waals surface area (Å²) < 4.78 is 20.4. The molecular formula is C16H17BrFNO. The molecule has 0 aliphatic carbocycles. The number of halogens is 2. The fraction of sp³-hybridized carbons (Fsp3) is 0.250. The summed E-state index contributed by atoms with van der Waals surface area (Å²) in [6, 6.07) is 14.6. The Labute approximate surface area is 127 Å². The van der Waals surface area contributed by atoms with Crippen LogP contribution in [-0.4, -0.2) is 13.1 Å². The summed E-state index contributed by atoms with van der Waals surface area (Å²) >= 11 is 3.24. The number of nitrogens with one attached hydrogen (secondary N) is 1. The van der Waals surface area contributed by atoms with Crippen molar-refractivity contribution in [3.05, 3.63) is 64.4 Å². The van der Waals surface area contributed by atoms with Crippen molar-refractivity contribution in [2.45, 2.75) is 13.0 Å². The molecule has 1 unspecified atom stereocenters. The van der Waals surface area contributed by atoms with Crippen LogP contribution in [0.5, 0.6) is 5.75 Å². The summed E-state index contributed by atoms with van der Waals surface area (Å²) in [5, 5.41) is 3.24. The van der Waals surface area contributed by atoms with Gasteiger partial charge in [-0.05, 0) is 30.3 Å². The van der Waals surface area contributed by atoms with Gasteiger partial charge in [-0.1, -0.05) is 53.2 Å². The van der Waals surface area contributed by atoms with Crippen LogP contribution < -0.4 is 10.1 Å². The Kier molecular flexibility index (Phi) is 5.56. The maximum absolute atomic E-state index is 13.9. The zero-order chi connectivity index (χ0) is 14.4. The van der Waals surface area contributed by atoms with Crippen molar-refractivity contribution in [2.75, 3.05) is 13.1 Å². The van der Waals surface area contributed by atoms with Crippen LogP contribution in [0.4, 0.5) is 4.39 Å². The van der Waals surface area contributed by atoms with Crippen LogP contribution in [0.25, 0.3) is 0 Å². The van der Waals surface area contributed by atoms with Crippen LogP contribution in [0.3, 0.4) is 0 Å². The lowest BCUT2D eigenvalue weighted by Crippen LogP contribution is -2.25. The molecule has 106 valence electrons. The van der Waals surface area contributed by atoms with E-state index in [0.29, 0.717) is 11.0 Å². The van der Waals surface area contributed by atoms with Gasteiger partial charge in [0.25, 0.3) is 0 Å². The highest BCUT2D eigenvalue weighted by Gasteiger charge is 2.15. The van der Waals surface area contributed by atoms with Crippen molar-refractivity contribution in [1.29, 1.82) is 0 Å². The summed E-state index contributed by atoms with van der Waals surface area (Å²) in [5.41, 5.74) is 1.02. The fourth-order valence-corrected chi connectivity index (χ4v) is 2.23. The van der Waals surface area contributed by atoms with E-state index in [1.165, 1.54) is 6.07 Å². The number of ether oxygens (including phenoxy) is 1. The molecule has 0 bridgehead atoms. The van der Waals surface area contributed by atoms with Crippen molar-refractivity contribution in [1.82, 2.24) is 5.32 Å². The summed E-state index contributed by atoms with van der Waals surface area (Å²) in [6.45, 7) is 3.51. The molecule has 0 aliphatic heterocycles. The van der Waals surface area contributed by atoms with Crippen molar-refractivity contribution < 1.29 is 9.13 Å². The Morgan fingerprint density at radius 2 is 1.95 bits per heavy atom. The molecule has 20 heavy (non-hydrogen) atoms. The second kappa shape index (κ2) is 7.41. The van der Waals surface area contributed by atoms with Crippen LogP contribution in [0.2, 0.25) is 0 Å². The first-order chi connectivity index (χ1) is 9.70. The van der Waals surface area contributed by atoms with Crippen molar-refractivity contribution in [2.24, 2.45) is 0 Å². The average Bonchev–Trinajstić information content (AvgIpc) is 2.46. The minimum atomic E-state index is -0.364. The molecule has 2 aromatic carbocycles. The molecule has 2 aromatic rings. The predicted molar refractivity (Wildman–Crippen MR) is 82.5 cm³/mol. The van der Waals surface area contributed by atoms with E-state index < -0.39 is 0 Å². The molecular weight excluding hydrogens is 321 g/mol. The van der Waals surface area contributed by atoms with Gasteiger partial charge in [-0.15, -0.1) is 0 Å². The second-order valence-corrected chi connectivity index (χ2v) is 5.32. The molecule has 1 N–H and O–H groups in total. The van der Waals surface area contributed by atoms with Gasteiger partial charge in [-0.2, -0.15) is 0 Å². The van der Waals surface area contributed by atoms with E-state index in [1.807, 2.05) is 37.3 Å². The molecule has 0 fully saturated rings. The Balaban J connectivity index is 2.19. The van der Waals surface area contributed by atoms with Crippen LogP contribution in [0, 0.1) is 5.82 Å². The Morgan fingerprint density at radius 1 is 1.20 bits per heavy atom. The van der Waals surface area contributed by atoms with Gasteiger partial charge in [0.15, 0.2) is 11.6 Å². The van der Waals surface area contributed by atoms with Gasteiger partial charge in [0, 0.05) is 11.0 Å². The molecule has 0 saturated heterocycles. The van der Waals surface area contributed by atoms with Gasteiger partial charge < -0.3 is 10.1 Å². The summed E-state index contributed by atoms with van der Waals surface area (Å²) in [4.78, 5) is 0. The number of hydrogen-bond acceptors (Lipinski definition) is 2. The van der Waals surface area contributed by atoms with Crippen LogP contribution in [0.1, 0.15) is 18.6 Å². The zero-order valence-corrected chi connectivity index (χ0v) is 12.9. The Bertz CT molecular complexity index is 547. The molecule has 0 saturated carbocycles. The van der Waals surface area contributed by atoms with E-state index in [0.717, 1.165) is 12.1 Å². The lowest BCUT2D eigenvalue weighted by atomic mass is 10.1. The van der Waals surface area contributed by atoms with Gasteiger partial charge in [0.2, 0.25) is 0 Å². The first kappa shape index (κ1) is 15.0. The molecule has 1 atom stereocenters. The minimum absolute atomic E-state index is 0.216. The van der Waals surface area contributed by atoms with Crippen LogP contribution in [0.15, 0.2) is 53.0 Å². The average molecular weight is 338 g/mol. The van der Waals surface area contributed by atoms with Gasteiger partial charge >= 0.3 is 0 Å². The maximum atomic E-state index is 13.9. The molecule has 0 aliphatic rings. The van der Waals surface area contributed by atoms with E-state index in [1.54, 1.807) is 12.1 Å². The van der Waals surface area contributed by atoms with E-state index in [-0.39, 0.29) is 17.7 Å². The second-order valence-electron chi connectivity index (χ2n) is 4.40. The molecule has 0 heterocycles. The third-order valence-corrected chi connectivity index (χ3v) is 3.41. The quantitative estimate of drug-likeness (QED) is 0.847. The normalized spacial score (nSPS) is 12.2. The standard InChI is InChI=1S/C16H17BrFNO/c1-2-19-11-16(12-6-4-3-5-7-12)20-15-9-8-13(17)10-14(15)18/h3-10,16,19H,2,11H2,1H3. The highest BCUT2D eigenvalue weighted by Crippen LogP contribution is 2.26. The topological polar surface area (TPSA) is 21.3 Å². The van der Waals surface area contributed by atoms with E-state index in [4.69, 9.17) is 4.74 Å². The highest BCUT2D eigenvalue weighted by atomic mass is 79.9. The largest absolute Gasteiger partial charge is 0.481 e. The van der Waals surface area contributed by atoms with Gasteiger partial charge in [-0.3, -0.25) is 0 Å². The third kappa shape index (κ3) is 4.05. The smallest absolute Gasteiger partial charge is 0.166 e. The van der Waals surface area contributed by atoms with E-state index >= 15 is 0 Å². The minimum Gasteiger partial charge on any atom is -0.481 e. The number of benzene rings is 2. The number of rotatable bonds is 6. The van der Waals surface area contributed by atoms with Crippen molar-refractivity contribution in [3.63, 3.8) is 0 Å². The SMILES string of the molecule is CCNCC(Oc1ccc(Br)cc1F)c1ccccc1. The summed E-state index contributed by atoms with van der Waals surface area (Å²) in [6.07, 6.45) is -0.216. The van der Waals surface area contributed by atoms with Crippen LogP contribution >= 0.6 is 15.9 Å². The van der Waals surface area contributed by atoms with Crippen LogP contribution in [-0.2, 0) is 0 Å². The first-order valence-electron chi connectivity index (χ1n) is 6.58. The first-order valence-corrected chi connectivity index (χ1v) is 7.37. The monoisotopic (exact) mass is 337 g/mol. The molecule has 4 heteroatoms. The van der Waals surface area contributed by atoms with Crippen molar-refractivity contribution >= 4 is 15.9 Å². The molecule has 0 radical (unpaired) electrons. The van der Waals surface area contributed by atoms with Gasteiger partial charge in [-0.25, -0.2) is 4.39 Å². The summed E-state index contributed by atoms with van der Waals surface area (Å²) in [7, 11) is 0. The van der Waals surface area contributed by atoms with E-state index in [9.17, 15) is 4.39 Å². The molecule has 2 rings (SSSR count). The number of likely N-dealkylation sites (N-methyl/N-ethyl adjacent to an activating group) is 1. The zero-order valence-electron chi connectivity index (χ0n) is 11.3. The van der Waals surface area contributed by atoms with Crippen molar-refractivity contribution in [3.8, 4) is 5.75 Å². The Morgan fingerprint density at radius 3 is 2.60 bits per heavy atom. The molecule has 0 aromatic heterocycles. The predicted octanol–water partition coefficient (Wildman–Crippen LogP) is 4.32. The molecule has 0 spiro atoms. The molecule has 0 amide bonds. The fourth-order valence-electron chi connectivity index (χ4n) is 1.89. The van der Waals surface area contributed by atoms with Gasteiger partial charge in [0.1, 0.15) is 6.10 Å². The third-order valence-electron chi connectivity index (χ3n) is 2.91. The summed E-state index contributed by atoms with van der Waals surface area (Å²) in [5.74, 6) is -0.100. The Hall–Kier alpha value is -1.39. The maximum Gasteiger partial charge on any atom is 0.166 e. The number of hydrogen-bond donors (Lipinski definition) is 1. The van der Waals surface area contributed by atoms with Gasteiger partial charge in [0.05, 0.1) is 0 Å². The van der Waals surface area contributed by atoms with E-state index in [2.05, 4.69) is 21.2 Å². The molecule has 2 nitrogen and oxygen atoms in total. The highest BCUT2D eigenvalue weighted by molar-refractivity contribution is 9.10. The lowest BCUT2D eigenvalue weighted by molar-refractivity contribution is 0.193. The lowest BCUT2D eigenvalue weighted by Gasteiger charge is -2.20.